The quantitative estimate of drug-likeness (QED) is 0.868. The molecule has 3 rings (SSSR count). The summed E-state index contributed by atoms with van der Waals surface area (Å²) in [5, 5.41) is 14.5. The third-order valence-corrected chi connectivity index (χ3v) is 4.75. The Morgan fingerprint density at radius 1 is 1.24 bits per heavy atom. The molecule has 0 amide bonds. The molecule has 1 atom stereocenters. The summed E-state index contributed by atoms with van der Waals surface area (Å²) in [6.45, 7) is 6.68. The third-order valence-electron chi connectivity index (χ3n) is 4.75. The van der Waals surface area contributed by atoms with E-state index in [0.29, 0.717) is 18.4 Å². The molecule has 1 saturated heterocycles. The summed E-state index contributed by atoms with van der Waals surface area (Å²) < 4.78 is 18.3. The molecule has 1 N–H and O–H groups in total. The van der Waals surface area contributed by atoms with Crippen molar-refractivity contribution in [3.63, 3.8) is 0 Å². The van der Waals surface area contributed by atoms with Crippen LogP contribution in [0.3, 0.4) is 0 Å². The second-order valence-electron chi connectivity index (χ2n) is 7.31. The molecule has 2 heterocycles. The molecule has 6 heteroatoms. The van der Waals surface area contributed by atoms with Crippen molar-refractivity contribution in [2.24, 2.45) is 11.8 Å². The van der Waals surface area contributed by atoms with Crippen molar-refractivity contribution in [1.29, 1.82) is 0 Å². The molecule has 0 bridgehead atoms. The minimum Gasteiger partial charge on any atom is -0.388 e. The minimum absolute atomic E-state index is 0.195. The maximum absolute atomic E-state index is 13.0. The van der Waals surface area contributed by atoms with Gasteiger partial charge in [-0.25, -0.2) is 4.39 Å². The Kier molecular flexibility index (Phi) is 5.81. The van der Waals surface area contributed by atoms with Gasteiger partial charge in [-0.3, -0.25) is 4.90 Å². The normalized spacial score (nSPS) is 18.0. The van der Waals surface area contributed by atoms with E-state index < -0.39 is 6.10 Å². The van der Waals surface area contributed by atoms with Gasteiger partial charge in [0.1, 0.15) is 5.82 Å². The average molecular weight is 347 g/mol. The Morgan fingerprint density at radius 3 is 2.56 bits per heavy atom. The first-order chi connectivity index (χ1) is 12.0. The summed E-state index contributed by atoms with van der Waals surface area (Å²) in [6, 6.07) is 6.14. The summed E-state index contributed by atoms with van der Waals surface area (Å²) in [7, 11) is 0. The minimum atomic E-state index is -0.538. The fourth-order valence-electron chi connectivity index (χ4n) is 3.35. The Bertz CT molecular complexity index is 664. The largest absolute Gasteiger partial charge is 0.388 e. The lowest BCUT2D eigenvalue weighted by Gasteiger charge is -2.33. The highest BCUT2D eigenvalue weighted by atomic mass is 19.1. The van der Waals surface area contributed by atoms with E-state index in [0.717, 1.165) is 43.7 Å². The topological polar surface area (TPSA) is 62.4 Å². The molecule has 1 aromatic heterocycles. The van der Waals surface area contributed by atoms with Gasteiger partial charge in [0, 0.05) is 6.42 Å². The molecule has 0 saturated carbocycles. The molecule has 1 aromatic carbocycles. The number of hydrogen-bond acceptors (Lipinski definition) is 5. The highest BCUT2D eigenvalue weighted by Gasteiger charge is 2.27. The number of aromatic nitrogens is 2. The van der Waals surface area contributed by atoms with Crippen molar-refractivity contribution < 1.29 is 14.0 Å². The molecule has 2 aromatic rings. The first-order valence-corrected chi connectivity index (χ1v) is 8.98. The van der Waals surface area contributed by atoms with Crippen molar-refractivity contribution in [3.8, 4) is 0 Å². The second kappa shape index (κ2) is 8.06. The molecule has 1 fully saturated rings. The first kappa shape index (κ1) is 18.0. The van der Waals surface area contributed by atoms with Gasteiger partial charge in [-0.05, 0) is 55.5 Å². The number of aliphatic hydroxyl groups is 1. The fourth-order valence-corrected chi connectivity index (χ4v) is 3.35. The molecule has 5 nitrogen and oxygen atoms in total. The standard InChI is InChI=1S/C19H26FN3O2/c1-13(2)11-17-21-18(25-22-17)12-23-9-7-15(8-10-23)19(24)14-3-5-16(20)6-4-14/h3-6,13,15,19,24H,7-12H2,1-2H3. The van der Waals surface area contributed by atoms with Gasteiger partial charge in [-0.15, -0.1) is 0 Å². The highest BCUT2D eigenvalue weighted by Crippen LogP contribution is 2.31. The van der Waals surface area contributed by atoms with E-state index in [1.807, 2.05) is 0 Å². The van der Waals surface area contributed by atoms with Gasteiger partial charge in [0.15, 0.2) is 5.82 Å². The van der Waals surface area contributed by atoms with Crippen LogP contribution < -0.4 is 0 Å². The average Bonchev–Trinajstić information content (AvgIpc) is 3.02. The Morgan fingerprint density at radius 2 is 1.92 bits per heavy atom. The summed E-state index contributed by atoms with van der Waals surface area (Å²) in [5.41, 5.74) is 0.787. The summed E-state index contributed by atoms with van der Waals surface area (Å²) in [4.78, 5) is 6.73. The van der Waals surface area contributed by atoms with Crippen LogP contribution >= 0.6 is 0 Å². The van der Waals surface area contributed by atoms with E-state index in [-0.39, 0.29) is 11.7 Å². The van der Waals surface area contributed by atoms with Crippen LogP contribution in [-0.2, 0) is 13.0 Å². The van der Waals surface area contributed by atoms with E-state index in [2.05, 4.69) is 28.9 Å². The van der Waals surface area contributed by atoms with E-state index in [1.165, 1.54) is 12.1 Å². The Labute approximate surface area is 147 Å². The molecule has 136 valence electrons. The van der Waals surface area contributed by atoms with Crippen LogP contribution in [-0.4, -0.2) is 33.2 Å². The fraction of sp³-hybridized carbons (Fsp3) is 0.579. The number of likely N-dealkylation sites (tertiary alicyclic amines) is 1. The van der Waals surface area contributed by atoms with Crippen LogP contribution in [0.1, 0.15) is 50.1 Å². The maximum Gasteiger partial charge on any atom is 0.240 e. The van der Waals surface area contributed by atoms with Crippen LogP contribution in [0.5, 0.6) is 0 Å². The van der Waals surface area contributed by atoms with E-state index in [1.54, 1.807) is 12.1 Å². The van der Waals surface area contributed by atoms with Gasteiger partial charge in [0.2, 0.25) is 5.89 Å². The van der Waals surface area contributed by atoms with Gasteiger partial charge in [0.25, 0.3) is 0 Å². The number of halogens is 1. The molecule has 0 aliphatic carbocycles. The molecule has 0 radical (unpaired) electrons. The smallest absolute Gasteiger partial charge is 0.240 e. The lowest BCUT2D eigenvalue weighted by molar-refractivity contribution is 0.0537. The number of rotatable bonds is 6. The van der Waals surface area contributed by atoms with Crippen LogP contribution in [0, 0.1) is 17.7 Å². The Hall–Kier alpha value is -1.79. The number of nitrogens with zero attached hydrogens (tertiary/aromatic N) is 3. The lowest BCUT2D eigenvalue weighted by atomic mass is 9.87. The number of hydrogen-bond donors (Lipinski definition) is 1. The molecular formula is C19H26FN3O2. The van der Waals surface area contributed by atoms with Crippen molar-refractivity contribution >= 4 is 0 Å². The van der Waals surface area contributed by atoms with Gasteiger partial charge in [0.05, 0.1) is 12.6 Å². The summed E-state index contributed by atoms with van der Waals surface area (Å²) in [6.07, 6.45) is 2.08. The zero-order chi connectivity index (χ0) is 17.8. The van der Waals surface area contributed by atoms with Crippen molar-refractivity contribution in [3.05, 3.63) is 47.4 Å². The van der Waals surface area contributed by atoms with E-state index in [9.17, 15) is 9.50 Å². The third kappa shape index (κ3) is 4.86. The van der Waals surface area contributed by atoms with Crippen LogP contribution in [0.4, 0.5) is 4.39 Å². The number of benzene rings is 1. The molecule has 1 aliphatic heterocycles. The highest BCUT2D eigenvalue weighted by molar-refractivity contribution is 5.19. The summed E-state index contributed by atoms with van der Waals surface area (Å²) >= 11 is 0. The Balaban J connectivity index is 1.50. The van der Waals surface area contributed by atoms with Crippen LogP contribution in [0.15, 0.2) is 28.8 Å². The van der Waals surface area contributed by atoms with Crippen molar-refractivity contribution in [2.75, 3.05) is 13.1 Å². The first-order valence-electron chi connectivity index (χ1n) is 8.98. The molecule has 1 aliphatic rings. The van der Waals surface area contributed by atoms with Crippen LogP contribution in [0.25, 0.3) is 0 Å². The second-order valence-corrected chi connectivity index (χ2v) is 7.31. The molecule has 25 heavy (non-hydrogen) atoms. The number of piperidine rings is 1. The maximum atomic E-state index is 13.0. The number of aliphatic hydroxyl groups excluding tert-OH is 1. The van der Waals surface area contributed by atoms with Crippen molar-refractivity contribution in [2.45, 2.75) is 45.8 Å². The predicted octanol–water partition coefficient (Wildman–Crippen LogP) is 3.35. The molecule has 0 spiro atoms. The zero-order valence-electron chi connectivity index (χ0n) is 14.9. The van der Waals surface area contributed by atoms with Crippen molar-refractivity contribution in [1.82, 2.24) is 15.0 Å². The SMILES string of the molecule is CC(C)Cc1noc(CN2CCC(C(O)c3ccc(F)cc3)CC2)n1. The van der Waals surface area contributed by atoms with Crippen LogP contribution in [0.2, 0.25) is 0 Å². The van der Waals surface area contributed by atoms with Gasteiger partial charge in [-0.1, -0.05) is 31.1 Å². The van der Waals surface area contributed by atoms with Gasteiger partial charge >= 0.3 is 0 Å². The lowest BCUT2D eigenvalue weighted by Crippen LogP contribution is -2.35. The molecule has 1 unspecified atom stereocenters. The predicted molar refractivity (Wildman–Crippen MR) is 92.2 cm³/mol. The monoisotopic (exact) mass is 347 g/mol. The van der Waals surface area contributed by atoms with E-state index in [4.69, 9.17) is 4.52 Å². The van der Waals surface area contributed by atoms with E-state index >= 15 is 0 Å². The van der Waals surface area contributed by atoms with Gasteiger partial charge in [-0.2, -0.15) is 4.98 Å². The molecular weight excluding hydrogens is 321 g/mol. The summed E-state index contributed by atoms with van der Waals surface area (Å²) in [5.74, 6) is 1.86. The van der Waals surface area contributed by atoms with Gasteiger partial charge < -0.3 is 9.63 Å². The zero-order valence-corrected chi connectivity index (χ0v) is 14.9.